The lowest BCUT2D eigenvalue weighted by atomic mass is 9.97. The highest BCUT2D eigenvalue weighted by molar-refractivity contribution is 5.94. The number of amides is 1. The molecule has 1 rings (SSSR count). The molecule has 3 nitrogen and oxygen atoms in total. The van der Waals surface area contributed by atoms with Gasteiger partial charge < -0.3 is 11.1 Å². The predicted molar refractivity (Wildman–Crippen MR) is 69.9 cm³/mol. The van der Waals surface area contributed by atoms with E-state index in [9.17, 15) is 4.79 Å². The molecule has 0 fully saturated rings. The van der Waals surface area contributed by atoms with E-state index in [1.807, 2.05) is 0 Å². The number of benzene rings is 1. The van der Waals surface area contributed by atoms with Crippen LogP contribution >= 0.6 is 12.4 Å². The zero-order valence-corrected chi connectivity index (χ0v) is 10.7. The van der Waals surface area contributed by atoms with Crippen LogP contribution < -0.4 is 11.1 Å². The van der Waals surface area contributed by atoms with E-state index in [1.54, 1.807) is 24.3 Å². The molecule has 0 aliphatic heterocycles. The molecule has 1 amide bonds. The molecule has 16 heavy (non-hydrogen) atoms. The lowest BCUT2D eigenvalue weighted by Crippen LogP contribution is -2.32. The van der Waals surface area contributed by atoms with Crippen molar-refractivity contribution in [2.45, 2.75) is 20.8 Å². The van der Waals surface area contributed by atoms with Crippen molar-refractivity contribution in [1.29, 1.82) is 0 Å². The molecule has 0 bridgehead atoms. The predicted octanol–water partition coefficient (Wildman–Crippen LogP) is 2.47. The third-order valence-electron chi connectivity index (χ3n) is 1.95. The fraction of sp³-hybridized carbons (Fsp3) is 0.417. The Morgan fingerprint density at radius 1 is 1.25 bits per heavy atom. The summed E-state index contributed by atoms with van der Waals surface area (Å²) in [5.41, 5.74) is 6.95. The van der Waals surface area contributed by atoms with Crippen molar-refractivity contribution in [2.24, 2.45) is 5.41 Å². The first-order valence-corrected chi connectivity index (χ1v) is 5.02. The lowest BCUT2D eigenvalue weighted by molar-refractivity contribution is 0.0939. The van der Waals surface area contributed by atoms with Gasteiger partial charge in [-0.15, -0.1) is 12.4 Å². The SMILES string of the molecule is CC(C)(C)CNC(=O)c1ccc(N)cc1.Cl. The average Bonchev–Trinajstić information content (AvgIpc) is 2.14. The van der Waals surface area contributed by atoms with Gasteiger partial charge in [0.1, 0.15) is 0 Å². The fourth-order valence-electron chi connectivity index (χ4n) is 1.08. The minimum atomic E-state index is -0.0510. The van der Waals surface area contributed by atoms with E-state index < -0.39 is 0 Å². The van der Waals surface area contributed by atoms with Gasteiger partial charge in [-0.2, -0.15) is 0 Å². The Hall–Kier alpha value is -1.22. The van der Waals surface area contributed by atoms with E-state index in [4.69, 9.17) is 5.73 Å². The Morgan fingerprint density at radius 2 is 1.75 bits per heavy atom. The van der Waals surface area contributed by atoms with Crippen LogP contribution in [-0.2, 0) is 0 Å². The van der Waals surface area contributed by atoms with Gasteiger partial charge in [0.05, 0.1) is 0 Å². The van der Waals surface area contributed by atoms with Crippen molar-refractivity contribution in [2.75, 3.05) is 12.3 Å². The summed E-state index contributed by atoms with van der Waals surface area (Å²) in [7, 11) is 0. The van der Waals surface area contributed by atoms with Gasteiger partial charge in [-0.3, -0.25) is 4.79 Å². The highest BCUT2D eigenvalue weighted by Crippen LogP contribution is 2.11. The molecule has 90 valence electrons. The number of anilines is 1. The van der Waals surface area contributed by atoms with Gasteiger partial charge in [0.15, 0.2) is 0 Å². The largest absolute Gasteiger partial charge is 0.399 e. The fourth-order valence-corrected chi connectivity index (χ4v) is 1.08. The highest BCUT2D eigenvalue weighted by Gasteiger charge is 2.12. The van der Waals surface area contributed by atoms with Crippen molar-refractivity contribution < 1.29 is 4.79 Å². The zero-order valence-electron chi connectivity index (χ0n) is 9.91. The van der Waals surface area contributed by atoms with E-state index >= 15 is 0 Å². The maximum absolute atomic E-state index is 11.7. The van der Waals surface area contributed by atoms with Crippen LogP contribution in [0.1, 0.15) is 31.1 Å². The first-order chi connectivity index (χ1) is 6.88. The molecule has 1 aromatic rings. The molecular formula is C12H19ClN2O. The van der Waals surface area contributed by atoms with E-state index in [1.165, 1.54) is 0 Å². The summed E-state index contributed by atoms with van der Waals surface area (Å²) in [6, 6.07) is 6.92. The molecule has 0 aliphatic carbocycles. The summed E-state index contributed by atoms with van der Waals surface area (Å²) >= 11 is 0. The number of carbonyl (C=O) groups is 1. The summed E-state index contributed by atoms with van der Waals surface area (Å²) in [5, 5.41) is 2.88. The molecule has 0 aromatic heterocycles. The second kappa shape index (κ2) is 5.75. The number of halogens is 1. The van der Waals surface area contributed by atoms with Crippen molar-refractivity contribution in [1.82, 2.24) is 5.32 Å². The van der Waals surface area contributed by atoms with E-state index in [-0.39, 0.29) is 23.7 Å². The Labute approximate surface area is 103 Å². The summed E-state index contributed by atoms with van der Waals surface area (Å²) in [6.07, 6.45) is 0. The van der Waals surface area contributed by atoms with Crippen LogP contribution in [0.25, 0.3) is 0 Å². The van der Waals surface area contributed by atoms with Crippen LogP contribution in [0.3, 0.4) is 0 Å². The number of nitrogens with one attached hydrogen (secondary N) is 1. The normalized spacial score (nSPS) is 10.4. The van der Waals surface area contributed by atoms with E-state index in [0.717, 1.165) is 0 Å². The molecule has 0 spiro atoms. The molecule has 0 saturated heterocycles. The summed E-state index contributed by atoms with van der Waals surface area (Å²) in [5.74, 6) is -0.0510. The monoisotopic (exact) mass is 242 g/mol. The van der Waals surface area contributed by atoms with Crippen LogP contribution in [0.15, 0.2) is 24.3 Å². The molecule has 0 heterocycles. The zero-order chi connectivity index (χ0) is 11.5. The maximum atomic E-state index is 11.7. The van der Waals surface area contributed by atoms with Crippen molar-refractivity contribution >= 4 is 24.0 Å². The quantitative estimate of drug-likeness (QED) is 0.783. The van der Waals surface area contributed by atoms with Gasteiger partial charge in [-0.05, 0) is 29.7 Å². The van der Waals surface area contributed by atoms with Crippen LogP contribution in [0.5, 0.6) is 0 Å². The van der Waals surface area contributed by atoms with Gasteiger partial charge in [0.25, 0.3) is 5.91 Å². The molecule has 4 heteroatoms. The number of carbonyl (C=O) groups excluding carboxylic acids is 1. The summed E-state index contributed by atoms with van der Waals surface area (Å²) in [6.45, 7) is 6.90. The third kappa shape index (κ3) is 5.03. The summed E-state index contributed by atoms with van der Waals surface area (Å²) in [4.78, 5) is 11.7. The Bertz CT molecular complexity index is 341. The first-order valence-electron chi connectivity index (χ1n) is 5.02. The number of hydrogen-bond donors (Lipinski definition) is 2. The Kier molecular flexibility index (Phi) is 5.31. The smallest absolute Gasteiger partial charge is 0.251 e. The number of rotatable bonds is 2. The van der Waals surface area contributed by atoms with Crippen molar-refractivity contribution in [3.8, 4) is 0 Å². The average molecular weight is 243 g/mol. The minimum Gasteiger partial charge on any atom is -0.399 e. The molecule has 0 radical (unpaired) electrons. The van der Waals surface area contributed by atoms with Crippen molar-refractivity contribution in [3.63, 3.8) is 0 Å². The topological polar surface area (TPSA) is 55.1 Å². The van der Waals surface area contributed by atoms with Gasteiger partial charge in [-0.1, -0.05) is 20.8 Å². The second-order valence-corrected chi connectivity index (χ2v) is 4.87. The van der Waals surface area contributed by atoms with Crippen molar-refractivity contribution in [3.05, 3.63) is 29.8 Å². The molecular weight excluding hydrogens is 224 g/mol. The molecule has 0 aliphatic rings. The van der Waals surface area contributed by atoms with Crippen LogP contribution in [-0.4, -0.2) is 12.5 Å². The first kappa shape index (κ1) is 14.8. The molecule has 0 saturated carbocycles. The number of nitrogen functional groups attached to an aromatic ring is 1. The minimum absolute atomic E-state index is 0. The van der Waals surface area contributed by atoms with Gasteiger partial charge >= 0.3 is 0 Å². The highest BCUT2D eigenvalue weighted by atomic mass is 35.5. The van der Waals surface area contributed by atoms with Gasteiger partial charge in [0.2, 0.25) is 0 Å². The number of hydrogen-bond acceptors (Lipinski definition) is 2. The van der Waals surface area contributed by atoms with Crippen LogP contribution in [0.2, 0.25) is 0 Å². The van der Waals surface area contributed by atoms with E-state index in [0.29, 0.717) is 17.8 Å². The molecule has 3 N–H and O–H groups in total. The molecule has 0 atom stereocenters. The second-order valence-electron chi connectivity index (χ2n) is 4.87. The molecule has 0 unspecified atom stereocenters. The van der Waals surface area contributed by atoms with E-state index in [2.05, 4.69) is 26.1 Å². The van der Waals surface area contributed by atoms with Gasteiger partial charge in [-0.25, -0.2) is 0 Å². The van der Waals surface area contributed by atoms with Crippen LogP contribution in [0, 0.1) is 5.41 Å². The van der Waals surface area contributed by atoms with Gasteiger partial charge in [0, 0.05) is 17.8 Å². The van der Waals surface area contributed by atoms with Crippen LogP contribution in [0.4, 0.5) is 5.69 Å². The third-order valence-corrected chi connectivity index (χ3v) is 1.95. The summed E-state index contributed by atoms with van der Waals surface area (Å²) < 4.78 is 0. The Morgan fingerprint density at radius 3 is 2.19 bits per heavy atom. The Balaban J connectivity index is 0.00000225. The molecule has 1 aromatic carbocycles. The lowest BCUT2D eigenvalue weighted by Gasteiger charge is -2.18. The standard InChI is InChI=1S/C12H18N2O.ClH/c1-12(2,3)8-14-11(15)9-4-6-10(13)7-5-9;/h4-7H,8,13H2,1-3H3,(H,14,15);1H. The maximum Gasteiger partial charge on any atom is 0.251 e. The number of nitrogens with two attached hydrogens (primary N) is 1.